The summed E-state index contributed by atoms with van der Waals surface area (Å²) in [5.41, 5.74) is -1.04. The topological polar surface area (TPSA) is 91.3 Å². The highest BCUT2D eigenvalue weighted by Gasteiger charge is 2.25. The molecule has 0 bridgehead atoms. The van der Waals surface area contributed by atoms with Crippen molar-refractivity contribution in [1.82, 2.24) is 9.13 Å². The van der Waals surface area contributed by atoms with Crippen LogP contribution in [-0.4, -0.2) is 33.9 Å². The van der Waals surface area contributed by atoms with Gasteiger partial charge in [0.05, 0.1) is 0 Å². The molecule has 0 radical (unpaired) electrons. The van der Waals surface area contributed by atoms with E-state index < -0.39 is 11.2 Å². The van der Waals surface area contributed by atoms with Crippen LogP contribution in [0, 0.1) is 17.2 Å². The maximum atomic E-state index is 12.0. The van der Waals surface area contributed by atoms with Gasteiger partial charge in [0.1, 0.15) is 11.9 Å². The van der Waals surface area contributed by atoms with Crippen LogP contribution >= 0.6 is 0 Å². The molecule has 7 heteroatoms. The van der Waals surface area contributed by atoms with E-state index >= 15 is 0 Å². The van der Waals surface area contributed by atoms with Gasteiger partial charge >= 0.3 is 5.69 Å². The summed E-state index contributed by atoms with van der Waals surface area (Å²) in [5.74, 6) is 0.466. The van der Waals surface area contributed by atoms with Gasteiger partial charge in [0.2, 0.25) is 0 Å². The minimum atomic E-state index is -0.572. The van der Waals surface area contributed by atoms with Crippen LogP contribution in [0.5, 0.6) is 0 Å². The molecular formula is C13H18N4O3. The molecule has 0 spiro atoms. The van der Waals surface area contributed by atoms with Gasteiger partial charge in [-0.05, 0) is 18.8 Å². The fraction of sp³-hybridized carbons (Fsp3) is 0.615. The predicted octanol–water partition coefficient (Wildman–Crippen LogP) is -0.836. The van der Waals surface area contributed by atoms with Gasteiger partial charge in [0.25, 0.3) is 5.56 Å². The lowest BCUT2D eigenvalue weighted by atomic mass is 9.99. The molecule has 1 fully saturated rings. The lowest BCUT2D eigenvalue weighted by Gasteiger charge is -2.34. The Bertz CT molecular complexity index is 668. The van der Waals surface area contributed by atoms with E-state index in [0.717, 1.165) is 17.4 Å². The first kappa shape index (κ1) is 14.3. The Balaban J connectivity index is 2.60. The van der Waals surface area contributed by atoms with E-state index in [4.69, 9.17) is 0 Å². The number of aliphatic hydroxyl groups excluding tert-OH is 1. The molecule has 108 valence electrons. The Morgan fingerprint density at radius 2 is 2.05 bits per heavy atom. The van der Waals surface area contributed by atoms with Crippen molar-refractivity contribution in [1.29, 1.82) is 5.26 Å². The van der Waals surface area contributed by atoms with Crippen LogP contribution < -0.4 is 16.1 Å². The molecular weight excluding hydrogens is 260 g/mol. The van der Waals surface area contributed by atoms with E-state index in [1.807, 2.05) is 11.0 Å². The molecule has 1 aliphatic rings. The Morgan fingerprint density at radius 1 is 1.35 bits per heavy atom. The van der Waals surface area contributed by atoms with Crippen molar-refractivity contribution >= 4 is 5.82 Å². The molecule has 1 aliphatic heterocycles. The van der Waals surface area contributed by atoms with Crippen molar-refractivity contribution in [2.75, 3.05) is 24.6 Å². The lowest BCUT2D eigenvalue weighted by molar-refractivity contribution is 0.208. The number of anilines is 1. The van der Waals surface area contributed by atoms with E-state index in [-0.39, 0.29) is 18.1 Å². The Hall–Kier alpha value is -2.07. The zero-order valence-corrected chi connectivity index (χ0v) is 11.7. The number of nitriles is 1. The van der Waals surface area contributed by atoms with Gasteiger partial charge in [-0.15, -0.1) is 0 Å². The average molecular weight is 278 g/mol. The second-order valence-electron chi connectivity index (χ2n) is 5.15. The van der Waals surface area contributed by atoms with Crippen LogP contribution in [0.15, 0.2) is 9.59 Å². The molecule has 0 amide bonds. The van der Waals surface area contributed by atoms with Crippen molar-refractivity contribution in [2.24, 2.45) is 20.0 Å². The van der Waals surface area contributed by atoms with Crippen molar-refractivity contribution in [3.63, 3.8) is 0 Å². The average Bonchev–Trinajstić information content (AvgIpc) is 2.48. The van der Waals surface area contributed by atoms with Crippen LogP contribution in [-0.2, 0) is 14.1 Å². The smallest absolute Gasteiger partial charge is 0.332 e. The van der Waals surface area contributed by atoms with Crippen molar-refractivity contribution in [3.8, 4) is 6.07 Å². The normalized spacial score (nSPS) is 18.9. The molecule has 0 aromatic carbocycles. The summed E-state index contributed by atoms with van der Waals surface area (Å²) in [5, 5.41) is 18.5. The number of nitrogens with zero attached hydrogens (tertiary/aromatic N) is 4. The first-order valence-electron chi connectivity index (χ1n) is 6.57. The van der Waals surface area contributed by atoms with Gasteiger partial charge in [-0.1, -0.05) is 0 Å². The molecule has 1 saturated heterocycles. The largest absolute Gasteiger partial charge is 0.396 e. The summed E-state index contributed by atoms with van der Waals surface area (Å²) in [6.07, 6.45) is 1.77. The van der Waals surface area contributed by atoms with Gasteiger partial charge in [0, 0.05) is 33.8 Å². The van der Waals surface area contributed by atoms with Gasteiger partial charge in [-0.25, -0.2) is 4.79 Å². The molecule has 2 heterocycles. The fourth-order valence-corrected chi connectivity index (χ4v) is 2.71. The zero-order chi connectivity index (χ0) is 14.9. The summed E-state index contributed by atoms with van der Waals surface area (Å²) in [6.45, 7) is 1.29. The summed E-state index contributed by atoms with van der Waals surface area (Å²) in [7, 11) is 2.92. The number of hydrogen-bond donors (Lipinski definition) is 1. The van der Waals surface area contributed by atoms with E-state index in [1.54, 1.807) is 7.05 Å². The zero-order valence-electron chi connectivity index (χ0n) is 11.7. The summed E-state index contributed by atoms with van der Waals surface area (Å²) in [6, 6.07) is 1.91. The molecule has 0 unspecified atom stereocenters. The van der Waals surface area contributed by atoms with Gasteiger partial charge in [-0.3, -0.25) is 13.9 Å². The second-order valence-corrected chi connectivity index (χ2v) is 5.15. The summed E-state index contributed by atoms with van der Waals surface area (Å²) >= 11 is 0. The third-order valence-corrected chi connectivity index (χ3v) is 3.82. The number of aliphatic hydroxyl groups is 1. The van der Waals surface area contributed by atoms with Gasteiger partial charge < -0.3 is 10.0 Å². The molecule has 7 nitrogen and oxygen atoms in total. The highest BCUT2D eigenvalue weighted by atomic mass is 16.3. The number of aromatic nitrogens is 2. The third kappa shape index (κ3) is 2.23. The lowest BCUT2D eigenvalue weighted by Crippen LogP contribution is -2.45. The fourth-order valence-electron chi connectivity index (χ4n) is 2.71. The van der Waals surface area contributed by atoms with Crippen molar-refractivity contribution < 1.29 is 5.11 Å². The molecule has 0 saturated carbocycles. The highest BCUT2D eigenvalue weighted by molar-refractivity contribution is 5.53. The van der Waals surface area contributed by atoms with E-state index in [0.29, 0.717) is 18.9 Å². The van der Waals surface area contributed by atoms with Crippen molar-refractivity contribution in [3.05, 3.63) is 26.4 Å². The maximum Gasteiger partial charge on any atom is 0.332 e. The molecule has 1 aromatic rings. The molecule has 0 aliphatic carbocycles. The monoisotopic (exact) mass is 278 g/mol. The molecule has 2 rings (SSSR count). The van der Waals surface area contributed by atoms with Crippen LogP contribution in [0.1, 0.15) is 18.4 Å². The minimum absolute atomic E-state index is 0.0202. The SMILES string of the molecule is Cn1c(N2CCC[C@@H](CO)C2)c(C#N)c(=O)n(C)c1=O. The first-order chi connectivity index (χ1) is 9.51. The van der Waals surface area contributed by atoms with Gasteiger partial charge in [-0.2, -0.15) is 5.26 Å². The molecule has 1 aromatic heterocycles. The van der Waals surface area contributed by atoms with Crippen LogP contribution in [0.25, 0.3) is 0 Å². The van der Waals surface area contributed by atoms with Crippen LogP contribution in [0.4, 0.5) is 5.82 Å². The second kappa shape index (κ2) is 5.51. The highest BCUT2D eigenvalue weighted by Crippen LogP contribution is 2.23. The standard InChI is InChI=1S/C13H18N4O3/c1-15-11(17-5-3-4-9(7-17)8-18)10(6-14)12(19)16(2)13(15)20/h9,18H,3-5,7-8H2,1-2H3/t9-/m1/s1. The molecule has 20 heavy (non-hydrogen) atoms. The minimum Gasteiger partial charge on any atom is -0.396 e. The van der Waals surface area contributed by atoms with E-state index in [1.165, 1.54) is 11.6 Å². The summed E-state index contributed by atoms with van der Waals surface area (Å²) in [4.78, 5) is 25.9. The molecule has 1 atom stereocenters. The van der Waals surface area contributed by atoms with E-state index in [9.17, 15) is 20.0 Å². The number of rotatable bonds is 2. The van der Waals surface area contributed by atoms with Crippen molar-refractivity contribution in [2.45, 2.75) is 12.8 Å². The van der Waals surface area contributed by atoms with E-state index in [2.05, 4.69) is 0 Å². The van der Waals surface area contributed by atoms with Gasteiger partial charge in [0.15, 0.2) is 5.56 Å². The Labute approximate surface area is 116 Å². The number of piperidine rings is 1. The first-order valence-corrected chi connectivity index (χ1v) is 6.57. The van der Waals surface area contributed by atoms with Crippen LogP contribution in [0.3, 0.4) is 0 Å². The predicted molar refractivity (Wildman–Crippen MR) is 73.7 cm³/mol. The maximum absolute atomic E-state index is 12.0. The molecule has 1 N–H and O–H groups in total. The number of hydrogen-bond acceptors (Lipinski definition) is 5. The summed E-state index contributed by atoms with van der Waals surface area (Å²) < 4.78 is 2.27. The third-order valence-electron chi connectivity index (χ3n) is 3.82. The quantitative estimate of drug-likeness (QED) is 0.762. The Morgan fingerprint density at radius 3 is 2.65 bits per heavy atom. The Kier molecular flexibility index (Phi) is 3.95. The van der Waals surface area contributed by atoms with Crippen LogP contribution in [0.2, 0.25) is 0 Å².